The van der Waals surface area contributed by atoms with Crippen LogP contribution in [0.15, 0.2) is 5.28 Å². The number of aliphatic hydroxyl groups excluding tert-OH is 1. The van der Waals surface area contributed by atoms with Gasteiger partial charge < -0.3 is 28.9 Å². The number of hydrogen-bond acceptors (Lipinski definition) is 7. The third-order valence-electron chi connectivity index (χ3n) is 3.58. The van der Waals surface area contributed by atoms with E-state index in [1.165, 1.54) is 0 Å². The van der Waals surface area contributed by atoms with E-state index in [9.17, 15) is 5.11 Å². The van der Waals surface area contributed by atoms with E-state index in [4.69, 9.17) is 29.3 Å². The fourth-order valence-corrected chi connectivity index (χ4v) is 2.91. The van der Waals surface area contributed by atoms with Crippen LogP contribution in [0.2, 0.25) is 0 Å². The molecular weight excluding hydrogens is 294 g/mol. The summed E-state index contributed by atoms with van der Waals surface area (Å²) in [6.07, 6.45) is -3.10. The molecule has 0 radical (unpaired) electrons. The number of rotatable bonds is 5. The molecule has 9 nitrogen and oxygen atoms in total. The summed E-state index contributed by atoms with van der Waals surface area (Å²) in [4.78, 5) is 7.30. The number of ether oxygens (including phenoxy) is 4. The molecule has 2 rings (SSSR count). The molecule has 126 valence electrons. The molecule has 0 bridgehead atoms. The second-order valence-corrected chi connectivity index (χ2v) is 6.40. The lowest BCUT2D eigenvalue weighted by molar-refractivity contribution is -0.179. The van der Waals surface area contributed by atoms with Gasteiger partial charge in [-0.2, -0.15) is 0 Å². The Kier molecular flexibility index (Phi) is 4.86. The third kappa shape index (κ3) is 3.81. The summed E-state index contributed by atoms with van der Waals surface area (Å²) >= 11 is 0. The molecule has 2 aliphatic heterocycles. The van der Waals surface area contributed by atoms with Crippen LogP contribution in [-0.2, 0) is 23.8 Å². The Hall–Kier alpha value is -1.09. The molecule has 9 heteroatoms. The van der Waals surface area contributed by atoms with Crippen molar-refractivity contribution in [2.24, 2.45) is 5.28 Å². The van der Waals surface area contributed by atoms with Crippen molar-refractivity contribution in [2.75, 3.05) is 6.61 Å². The van der Waals surface area contributed by atoms with E-state index in [1.807, 2.05) is 6.92 Å². The second-order valence-electron chi connectivity index (χ2n) is 6.40. The lowest BCUT2D eigenvalue weighted by atomic mass is 10.0. The Morgan fingerprint density at radius 3 is 2.27 bits per heavy atom. The first kappa shape index (κ1) is 17.3. The minimum Gasteiger partial charge on any atom is -0.431 e. The molecule has 0 aromatic rings. The van der Waals surface area contributed by atoms with E-state index in [0.29, 0.717) is 0 Å². The van der Waals surface area contributed by atoms with E-state index in [-0.39, 0.29) is 12.7 Å². The maximum Gasteiger partial charge on any atom is 0.164 e. The van der Waals surface area contributed by atoms with Gasteiger partial charge in [0.1, 0.15) is 36.3 Å². The Morgan fingerprint density at radius 1 is 1.14 bits per heavy atom. The van der Waals surface area contributed by atoms with Gasteiger partial charge in [-0.3, -0.25) is 0 Å². The van der Waals surface area contributed by atoms with E-state index in [2.05, 4.69) is 10.2 Å². The predicted octanol–water partition coefficient (Wildman–Crippen LogP) is 1.65. The summed E-state index contributed by atoms with van der Waals surface area (Å²) in [6.45, 7) is 8.84. The van der Waals surface area contributed by atoms with Gasteiger partial charge in [0.15, 0.2) is 11.6 Å². The van der Waals surface area contributed by atoms with Crippen LogP contribution in [0.5, 0.6) is 0 Å². The van der Waals surface area contributed by atoms with Crippen LogP contribution < -0.4 is 0 Å². The molecule has 5 atom stereocenters. The summed E-state index contributed by atoms with van der Waals surface area (Å²) < 4.78 is 22.8. The van der Waals surface area contributed by atoms with Crippen molar-refractivity contribution < 1.29 is 28.9 Å². The van der Waals surface area contributed by atoms with Gasteiger partial charge in [0.05, 0.1) is 6.10 Å². The molecule has 0 unspecified atom stereocenters. The molecule has 2 saturated heterocycles. The number of hydrogen-bond donors (Lipinski definition) is 1. The molecule has 1 N–H and O–H groups in total. The van der Waals surface area contributed by atoms with Crippen LogP contribution in [0.3, 0.4) is 0 Å². The fraction of sp³-hybridized carbons (Fsp3) is 1.00. The SMILES string of the molecule is C[C@@H]1OC(C)(C)O[C@H]1[C@H](O)[C@@H]1OC(C)(C)O[C@@H]1CON=[N+]=[N-]. The van der Waals surface area contributed by atoms with Gasteiger partial charge in [-0.15, -0.1) is 0 Å². The van der Waals surface area contributed by atoms with E-state index in [1.54, 1.807) is 27.7 Å². The first-order valence-electron chi connectivity index (χ1n) is 7.21. The van der Waals surface area contributed by atoms with Gasteiger partial charge in [-0.05, 0) is 40.1 Å². The highest BCUT2D eigenvalue weighted by molar-refractivity contribution is 4.94. The molecular formula is C13H23N3O6. The van der Waals surface area contributed by atoms with Crippen molar-refractivity contribution in [1.82, 2.24) is 0 Å². The van der Waals surface area contributed by atoms with E-state index < -0.39 is 36.0 Å². The lowest BCUT2D eigenvalue weighted by Crippen LogP contribution is -2.47. The average molecular weight is 317 g/mol. The topological polar surface area (TPSA) is 115 Å². The summed E-state index contributed by atoms with van der Waals surface area (Å²) in [5.74, 6) is -1.65. The monoisotopic (exact) mass is 317 g/mol. The molecule has 0 aromatic carbocycles. The molecule has 2 heterocycles. The van der Waals surface area contributed by atoms with Gasteiger partial charge in [0, 0.05) is 4.91 Å². The van der Waals surface area contributed by atoms with Crippen molar-refractivity contribution in [1.29, 1.82) is 0 Å². The Labute approximate surface area is 129 Å². The summed E-state index contributed by atoms with van der Waals surface area (Å²) in [5.41, 5.74) is 8.26. The Bertz CT molecular complexity index is 451. The Balaban J connectivity index is 2.08. The van der Waals surface area contributed by atoms with Crippen LogP contribution in [-0.4, -0.2) is 53.8 Å². The molecule has 22 heavy (non-hydrogen) atoms. The van der Waals surface area contributed by atoms with Crippen LogP contribution in [0.4, 0.5) is 0 Å². The predicted molar refractivity (Wildman–Crippen MR) is 74.4 cm³/mol. The zero-order chi connectivity index (χ0) is 16.5. The molecule has 0 amide bonds. The highest BCUT2D eigenvalue weighted by Gasteiger charge is 2.52. The molecule has 0 aliphatic carbocycles. The van der Waals surface area contributed by atoms with Gasteiger partial charge in [0.2, 0.25) is 0 Å². The number of aliphatic hydroxyl groups is 1. The third-order valence-corrected chi connectivity index (χ3v) is 3.58. The first-order chi connectivity index (χ1) is 10.2. The Morgan fingerprint density at radius 2 is 1.73 bits per heavy atom. The zero-order valence-corrected chi connectivity index (χ0v) is 13.4. The van der Waals surface area contributed by atoms with E-state index >= 15 is 0 Å². The van der Waals surface area contributed by atoms with E-state index in [0.717, 1.165) is 0 Å². The summed E-state index contributed by atoms with van der Waals surface area (Å²) in [6, 6.07) is 0. The van der Waals surface area contributed by atoms with Crippen molar-refractivity contribution in [3.8, 4) is 0 Å². The minimum atomic E-state index is -0.974. The highest BCUT2D eigenvalue weighted by Crippen LogP contribution is 2.36. The average Bonchev–Trinajstić information content (AvgIpc) is 2.84. The molecule has 0 aromatic heterocycles. The molecule has 2 aliphatic rings. The normalized spacial score (nSPS) is 37.5. The molecule has 0 spiro atoms. The number of nitrogens with zero attached hydrogens (tertiary/aromatic N) is 3. The van der Waals surface area contributed by atoms with Crippen molar-refractivity contribution in [3.05, 3.63) is 10.4 Å². The fourth-order valence-electron chi connectivity index (χ4n) is 2.91. The number of azide groups is 1. The van der Waals surface area contributed by atoms with Gasteiger partial charge in [-0.1, -0.05) is 0 Å². The van der Waals surface area contributed by atoms with Gasteiger partial charge >= 0.3 is 0 Å². The lowest BCUT2D eigenvalue weighted by Gasteiger charge is -2.27. The largest absolute Gasteiger partial charge is 0.431 e. The van der Waals surface area contributed by atoms with Crippen molar-refractivity contribution in [3.63, 3.8) is 0 Å². The van der Waals surface area contributed by atoms with Gasteiger partial charge in [0.25, 0.3) is 0 Å². The molecule has 0 saturated carbocycles. The maximum absolute atomic E-state index is 10.6. The maximum atomic E-state index is 10.6. The molecule has 2 fully saturated rings. The second kappa shape index (κ2) is 6.19. The van der Waals surface area contributed by atoms with Crippen LogP contribution in [0, 0.1) is 0 Å². The summed E-state index contributed by atoms with van der Waals surface area (Å²) in [7, 11) is 0. The van der Waals surface area contributed by atoms with Crippen molar-refractivity contribution >= 4 is 0 Å². The standard InChI is InChI=1S/C13H23N3O6/c1-7-10(21-12(2,3)19-7)9(17)11-8(6-18-16-15-14)20-13(4,5)22-11/h7-11,17H,6H2,1-5H3/t7-,8+,9-,10+,11+/m0/s1. The highest BCUT2D eigenvalue weighted by atomic mass is 16.8. The minimum absolute atomic E-state index is 0.0272. The van der Waals surface area contributed by atoms with Gasteiger partial charge in [-0.25, -0.2) is 0 Å². The quantitative estimate of drug-likeness (QED) is 0.357. The van der Waals surface area contributed by atoms with Crippen LogP contribution in [0.25, 0.3) is 10.4 Å². The van der Waals surface area contributed by atoms with Crippen LogP contribution >= 0.6 is 0 Å². The van der Waals surface area contributed by atoms with Crippen LogP contribution in [0.1, 0.15) is 34.6 Å². The zero-order valence-electron chi connectivity index (χ0n) is 13.4. The first-order valence-corrected chi connectivity index (χ1v) is 7.21. The van der Waals surface area contributed by atoms with Crippen molar-refractivity contribution in [2.45, 2.75) is 76.7 Å². The smallest absolute Gasteiger partial charge is 0.164 e. The summed E-state index contributed by atoms with van der Waals surface area (Å²) in [5, 5.41) is 13.7.